The van der Waals surface area contributed by atoms with E-state index in [4.69, 9.17) is 4.74 Å². The highest BCUT2D eigenvalue weighted by molar-refractivity contribution is 8.23. The van der Waals surface area contributed by atoms with Crippen molar-refractivity contribution in [2.75, 3.05) is 18.6 Å². The van der Waals surface area contributed by atoms with Gasteiger partial charge in [-0.2, -0.15) is 5.11 Å². The molecular formula is C18H18N2OS2. The van der Waals surface area contributed by atoms with Crippen molar-refractivity contribution < 1.29 is 4.74 Å². The van der Waals surface area contributed by atoms with Crippen LogP contribution in [0.4, 0.5) is 5.69 Å². The molecule has 118 valence electrons. The maximum absolute atomic E-state index is 5.17. The minimum Gasteiger partial charge on any atom is -0.497 e. The third-order valence-electron chi connectivity index (χ3n) is 3.33. The molecule has 2 aromatic rings. The van der Waals surface area contributed by atoms with E-state index in [1.807, 2.05) is 66.0 Å². The summed E-state index contributed by atoms with van der Waals surface area (Å²) in [7, 11) is 1.66. The lowest BCUT2D eigenvalue weighted by molar-refractivity contribution is 0.415. The summed E-state index contributed by atoms with van der Waals surface area (Å²) in [5.74, 6) is 3.12. The predicted molar refractivity (Wildman–Crippen MR) is 100 cm³/mol. The van der Waals surface area contributed by atoms with E-state index in [1.54, 1.807) is 7.11 Å². The van der Waals surface area contributed by atoms with Crippen molar-refractivity contribution in [1.29, 1.82) is 0 Å². The van der Waals surface area contributed by atoms with Gasteiger partial charge in [0.15, 0.2) is 0 Å². The zero-order valence-corrected chi connectivity index (χ0v) is 14.6. The van der Waals surface area contributed by atoms with Gasteiger partial charge >= 0.3 is 0 Å². The van der Waals surface area contributed by atoms with Gasteiger partial charge in [-0.1, -0.05) is 30.3 Å². The lowest BCUT2D eigenvalue weighted by atomic mass is 10.2. The number of benzene rings is 2. The summed E-state index contributed by atoms with van der Waals surface area (Å²) < 4.78 is 6.43. The molecule has 2 aromatic carbocycles. The van der Waals surface area contributed by atoms with Gasteiger partial charge in [-0.3, -0.25) is 0 Å². The highest BCUT2D eigenvalue weighted by Crippen LogP contribution is 2.41. The van der Waals surface area contributed by atoms with Gasteiger partial charge in [0, 0.05) is 5.56 Å². The normalized spacial score (nSPS) is 14.9. The summed E-state index contributed by atoms with van der Waals surface area (Å²) in [5.41, 5.74) is 2.91. The molecule has 1 aliphatic rings. The zero-order valence-electron chi connectivity index (χ0n) is 12.9. The van der Waals surface area contributed by atoms with Crippen molar-refractivity contribution >= 4 is 34.9 Å². The summed E-state index contributed by atoms with van der Waals surface area (Å²) >= 11 is 3.75. The van der Waals surface area contributed by atoms with Crippen molar-refractivity contribution in [3.05, 3.63) is 64.4 Å². The lowest BCUT2D eigenvalue weighted by Gasteiger charge is -2.15. The molecular weight excluding hydrogens is 324 g/mol. The molecule has 1 fully saturated rings. The molecule has 0 bridgehead atoms. The predicted octanol–water partition coefficient (Wildman–Crippen LogP) is 5.98. The highest BCUT2D eigenvalue weighted by atomic mass is 32.2. The summed E-state index contributed by atoms with van der Waals surface area (Å²) in [5, 5.41) is 8.98. The highest BCUT2D eigenvalue weighted by Gasteiger charge is 2.14. The van der Waals surface area contributed by atoms with Crippen LogP contribution in [0.25, 0.3) is 5.70 Å². The van der Waals surface area contributed by atoms with E-state index in [0.717, 1.165) is 34.2 Å². The van der Waals surface area contributed by atoms with E-state index in [1.165, 1.54) is 10.7 Å². The van der Waals surface area contributed by atoms with Gasteiger partial charge in [-0.05, 0) is 42.2 Å². The number of hydrogen-bond donors (Lipinski definition) is 0. The molecule has 0 atom stereocenters. The van der Waals surface area contributed by atoms with Crippen molar-refractivity contribution in [2.45, 2.75) is 6.42 Å². The van der Waals surface area contributed by atoms with E-state index < -0.39 is 0 Å². The Balaban J connectivity index is 1.90. The molecule has 3 nitrogen and oxygen atoms in total. The number of rotatable bonds is 4. The smallest absolute Gasteiger partial charge is 0.119 e. The van der Waals surface area contributed by atoms with Crippen LogP contribution in [-0.4, -0.2) is 18.6 Å². The second-order valence-electron chi connectivity index (χ2n) is 4.95. The van der Waals surface area contributed by atoms with E-state index >= 15 is 0 Å². The van der Waals surface area contributed by atoms with E-state index in [-0.39, 0.29) is 0 Å². The first-order valence-electron chi connectivity index (χ1n) is 7.48. The van der Waals surface area contributed by atoms with Gasteiger partial charge in [0.2, 0.25) is 0 Å². The zero-order chi connectivity index (χ0) is 15.9. The average molecular weight is 342 g/mol. The molecule has 23 heavy (non-hydrogen) atoms. The number of methoxy groups -OCH3 is 1. The Morgan fingerprint density at radius 1 is 0.957 bits per heavy atom. The van der Waals surface area contributed by atoms with Crippen LogP contribution >= 0.6 is 23.5 Å². The quantitative estimate of drug-likeness (QED) is 0.641. The fraction of sp³-hybridized carbons (Fsp3) is 0.222. The first-order chi connectivity index (χ1) is 11.4. The first kappa shape index (κ1) is 16.1. The van der Waals surface area contributed by atoms with Crippen LogP contribution in [0.2, 0.25) is 0 Å². The fourth-order valence-corrected chi connectivity index (χ4v) is 4.69. The number of nitrogens with zero attached hydrogens (tertiary/aromatic N) is 2. The van der Waals surface area contributed by atoms with Gasteiger partial charge in [0.1, 0.15) is 11.4 Å². The van der Waals surface area contributed by atoms with E-state index in [0.29, 0.717) is 0 Å². The summed E-state index contributed by atoms with van der Waals surface area (Å²) in [6.07, 6.45) is 1.25. The molecule has 0 spiro atoms. The Bertz CT molecular complexity index is 689. The molecule has 0 saturated carbocycles. The maximum Gasteiger partial charge on any atom is 0.119 e. The standard InChI is InChI=1S/C18H18N2OS2/c1-21-16-10-8-15(9-11-16)19-20-17(14-6-3-2-4-7-14)18-22-12-5-13-23-18/h2-4,6-11H,5,12-13H2,1H3. The van der Waals surface area contributed by atoms with Crippen LogP contribution in [-0.2, 0) is 0 Å². The molecule has 0 N–H and O–H groups in total. The van der Waals surface area contributed by atoms with E-state index in [2.05, 4.69) is 22.4 Å². The SMILES string of the molecule is COc1ccc(N=NC(=C2SCCCS2)c2ccccc2)cc1. The van der Waals surface area contributed by atoms with Crippen molar-refractivity contribution in [2.24, 2.45) is 10.2 Å². The fourth-order valence-electron chi connectivity index (χ4n) is 2.14. The van der Waals surface area contributed by atoms with Gasteiger partial charge in [0.05, 0.1) is 17.0 Å². The molecule has 0 aliphatic carbocycles. The summed E-state index contributed by atoms with van der Waals surface area (Å²) in [4.78, 5) is 0. The molecule has 1 aliphatic heterocycles. The molecule has 3 rings (SSSR count). The molecule has 1 saturated heterocycles. The first-order valence-corrected chi connectivity index (χ1v) is 9.45. The molecule has 0 unspecified atom stereocenters. The third kappa shape index (κ3) is 4.39. The van der Waals surface area contributed by atoms with Crippen LogP contribution in [0.15, 0.2) is 69.1 Å². The minimum atomic E-state index is 0.823. The number of thioether (sulfide) groups is 2. The third-order valence-corrected chi connectivity index (χ3v) is 5.94. The monoisotopic (exact) mass is 342 g/mol. The van der Waals surface area contributed by atoms with Crippen LogP contribution < -0.4 is 4.74 Å². The van der Waals surface area contributed by atoms with Gasteiger partial charge in [0.25, 0.3) is 0 Å². The topological polar surface area (TPSA) is 34.0 Å². The Kier molecular flexibility index (Phi) is 5.77. The molecule has 0 aromatic heterocycles. The van der Waals surface area contributed by atoms with Crippen molar-refractivity contribution in [3.63, 3.8) is 0 Å². The minimum absolute atomic E-state index is 0.823. The van der Waals surface area contributed by atoms with Gasteiger partial charge in [-0.25, -0.2) is 0 Å². The van der Waals surface area contributed by atoms with Crippen LogP contribution in [0.3, 0.4) is 0 Å². The molecule has 0 radical (unpaired) electrons. The van der Waals surface area contributed by atoms with Crippen molar-refractivity contribution in [1.82, 2.24) is 0 Å². The Morgan fingerprint density at radius 2 is 1.65 bits per heavy atom. The Labute approximate surface area is 145 Å². The second-order valence-corrected chi connectivity index (χ2v) is 7.42. The number of azo groups is 1. The largest absolute Gasteiger partial charge is 0.497 e. The Hall–Kier alpha value is -1.72. The average Bonchev–Trinajstić information content (AvgIpc) is 2.64. The summed E-state index contributed by atoms with van der Waals surface area (Å²) in [6, 6.07) is 17.9. The number of ether oxygens (including phenoxy) is 1. The van der Waals surface area contributed by atoms with Crippen LogP contribution in [0.1, 0.15) is 12.0 Å². The Morgan fingerprint density at radius 3 is 2.30 bits per heavy atom. The second kappa shape index (κ2) is 8.22. The molecule has 1 heterocycles. The van der Waals surface area contributed by atoms with Crippen LogP contribution in [0, 0.1) is 0 Å². The molecule has 0 amide bonds. The van der Waals surface area contributed by atoms with E-state index in [9.17, 15) is 0 Å². The van der Waals surface area contributed by atoms with Gasteiger partial charge < -0.3 is 4.74 Å². The number of hydrogen-bond acceptors (Lipinski definition) is 5. The molecule has 5 heteroatoms. The van der Waals surface area contributed by atoms with Crippen molar-refractivity contribution in [3.8, 4) is 5.75 Å². The lowest BCUT2D eigenvalue weighted by Crippen LogP contribution is -1.94. The summed E-state index contributed by atoms with van der Waals surface area (Å²) in [6.45, 7) is 0. The van der Waals surface area contributed by atoms with Crippen LogP contribution in [0.5, 0.6) is 5.75 Å². The maximum atomic E-state index is 5.17. The van der Waals surface area contributed by atoms with Gasteiger partial charge in [-0.15, -0.1) is 28.6 Å².